The van der Waals surface area contributed by atoms with Crippen LogP contribution in [0.2, 0.25) is 0 Å². The van der Waals surface area contributed by atoms with Crippen LogP contribution in [0.4, 0.5) is 0 Å². The van der Waals surface area contributed by atoms with Crippen LogP contribution in [0.5, 0.6) is 0 Å². The van der Waals surface area contributed by atoms with Crippen molar-refractivity contribution in [3.8, 4) is 0 Å². The van der Waals surface area contributed by atoms with Gasteiger partial charge in [-0.3, -0.25) is 24.0 Å². The minimum atomic E-state index is -0.893. The third-order valence-electron chi connectivity index (χ3n) is 11.1. The normalized spacial score (nSPS) is 19.3. The molecule has 2 aromatic carbocycles. The topological polar surface area (TPSA) is 125 Å². The van der Waals surface area contributed by atoms with E-state index in [9.17, 15) is 24.0 Å². The molecule has 0 saturated carbocycles. The van der Waals surface area contributed by atoms with E-state index in [2.05, 4.69) is 15.5 Å². The highest BCUT2D eigenvalue weighted by Crippen LogP contribution is 2.30. The molecule has 1 unspecified atom stereocenters. The zero-order chi connectivity index (χ0) is 39.8. The Hall–Kier alpha value is -3.69. The molecular formula is C46H67N3O6. The fourth-order valence-corrected chi connectivity index (χ4v) is 7.71. The first-order valence-electron chi connectivity index (χ1n) is 21.0. The minimum Gasteiger partial charge on any atom is -0.361 e. The Morgan fingerprint density at radius 3 is 1.89 bits per heavy atom. The predicted molar refractivity (Wildman–Crippen MR) is 217 cm³/mol. The highest BCUT2D eigenvalue weighted by atomic mass is 16.6. The SMILES string of the molecule is CC(C)C[C@H](NC(=O)C(CCc1ccccc1)CC(=O)CCCCN1CCCCC1)C(=O)C[C@@H](Cc1ccccc1)C(=O)N[C@@H](CC(C)C)C(=O)[C@@]1(C)CO1. The zero-order valence-corrected chi connectivity index (χ0v) is 34.2. The van der Waals surface area contributed by atoms with Gasteiger partial charge in [0, 0.05) is 31.1 Å². The number of ketones is 3. The van der Waals surface area contributed by atoms with Crippen molar-refractivity contribution in [3.63, 3.8) is 0 Å². The summed E-state index contributed by atoms with van der Waals surface area (Å²) in [6, 6.07) is 18.0. The van der Waals surface area contributed by atoms with E-state index in [-0.39, 0.29) is 53.8 Å². The molecule has 302 valence electrons. The molecule has 2 N–H and O–H groups in total. The summed E-state index contributed by atoms with van der Waals surface area (Å²) in [5.74, 6) is -2.04. The number of carbonyl (C=O) groups is 5. The van der Waals surface area contributed by atoms with Crippen molar-refractivity contribution in [2.24, 2.45) is 23.7 Å². The Labute approximate surface area is 330 Å². The lowest BCUT2D eigenvalue weighted by atomic mass is 9.87. The lowest BCUT2D eigenvalue weighted by Gasteiger charge is -2.27. The molecule has 2 aromatic rings. The van der Waals surface area contributed by atoms with E-state index in [4.69, 9.17) is 4.74 Å². The number of likely N-dealkylation sites (tertiary alicyclic amines) is 1. The van der Waals surface area contributed by atoms with Crippen molar-refractivity contribution in [3.05, 3.63) is 71.8 Å². The largest absolute Gasteiger partial charge is 0.361 e. The number of carbonyl (C=O) groups excluding carboxylic acids is 5. The Morgan fingerprint density at radius 1 is 0.727 bits per heavy atom. The average Bonchev–Trinajstić information content (AvgIpc) is 3.92. The Bertz CT molecular complexity index is 1520. The molecule has 0 radical (unpaired) electrons. The fraction of sp³-hybridized carbons (Fsp3) is 0.630. The molecule has 9 heteroatoms. The highest BCUT2D eigenvalue weighted by molar-refractivity contribution is 5.98. The molecule has 2 saturated heterocycles. The number of nitrogens with zero attached hydrogens (tertiary/aromatic N) is 1. The Morgan fingerprint density at radius 2 is 1.29 bits per heavy atom. The first kappa shape index (κ1) is 44.0. The number of rotatable bonds is 25. The maximum absolute atomic E-state index is 14.3. The lowest BCUT2D eigenvalue weighted by molar-refractivity contribution is -0.135. The third-order valence-corrected chi connectivity index (χ3v) is 11.1. The Balaban J connectivity index is 1.46. The third kappa shape index (κ3) is 15.4. The van der Waals surface area contributed by atoms with Gasteiger partial charge in [0.15, 0.2) is 11.6 Å². The van der Waals surface area contributed by atoms with Crippen molar-refractivity contribution in [2.45, 2.75) is 136 Å². The van der Waals surface area contributed by atoms with Gasteiger partial charge in [-0.05, 0) is 107 Å². The van der Waals surface area contributed by atoms with E-state index in [0.29, 0.717) is 45.1 Å². The van der Waals surface area contributed by atoms with Crippen molar-refractivity contribution < 1.29 is 28.7 Å². The quantitative estimate of drug-likeness (QED) is 0.0819. The van der Waals surface area contributed by atoms with Crippen LogP contribution in [0.3, 0.4) is 0 Å². The van der Waals surface area contributed by atoms with Crippen LogP contribution in [-0.4, -0.2) is 78.0 Å². The molecule has 2 amide bonds. The first-order chi connectivity index (χ1) is 26.3. The van der Waals surface area contributed by atoms with Gasteiger partial charge >= 0.3 is 0 Å². The number of piperidine rings is 1. The maximum Gasteiger partial charge on any atom is 0.224 e. The number of amides is 2. The van der Waals surface area contributed by atoms with Gasteiger partial charge in [0.25, 0.3) is 0 Å². The molecular weight excluding hydrogens is 691 g/mol. The van der Waals surface area contributed by atoms with E-state index in [0.717, 1.165) is 43.6 Å². The van der Waals surface area contributed by atoms with Crippen LogP contribution in [-0.2, 0) is 41.6 Å². The van der Waals surface area contributed by atoms with Gasteiger partial charge in [0.1, 0.15) is 11.4 Å². The summed E-state index contributed by atoms with van der Waals surface area (Å²) < 4.78 is 5.44. The van der Waals surface area contributed by atoms with Gasteiger partial charge in [-0.2, -0.15) is 0 Å². The molecule has 0 spiro atoms. The number of hydrogen-bond donors (Lipinski definition) is 2. The van der Waals surface area contributed by atoms with Gasteiger partial charge in [0.05, 0.1) is 18.7 Å². The molecule has 55 heavy (non-hydrogen) atoms. The summed E-state index contributed by atoms with van der Waals surface area (Å²) in [6.45, 7) is 13.4. The molecule has 0 aromatic heterocycles. The summed E-state index contributed by atoms with van der Waals surface area (Å²) in [6.07, 6.45) is 8.35. The summed E-state index contributed by atoms with van der Waals surface area (Å²) in [5.41, 5.74) is 1.10. The molecule has 5 atom stereocenters. The molecule has 4 rings (SSSR count). The van der Waals surface area contributed by atoms with Crippen LogP contribution in [0.1, 0.15) is 116 Å². The summed E-state index contributed by atoms with van der Waals surface area (Å²) in [7, 11) is 0. The number of benzene rings is 2. The van der Waals surface area contributed by atoms with E-state index < -0.39 is 29.5 Å². The van der Waals surface area contributed by atoms with E-state index in [1.165, 1.54) is 19.3 Å². The number of hydrogen-bond acceptors (Lipinski definition) is 7. The van der Waals surface area contributed by atoms with E-state index in [1.807, 2.05) is 88.4 Å². The van der Waals surface area contributed by atoms with Crippen LogP contribution >= 0.6 is 0 Å². The number of Topliss-reactive ketones (excluding diaryl/α,β-unsaturated/α-hetero) is 3. The van der Waals surface area contributed by atoms with E-state index in [1.54, 1.807) is 6.92 Å². The van der Waals surface area contributed by atoms with Crippen molar-refractivity contribution in [1.82, 2.24) is 15.5 Å². The number of unbranched alkanes of at least 4 members (excludes halogenated alkanes) is 1. The summed E-state index contributed by atoms with van der Waals surface area (Å²) in [5, 5.41) is 6.08. The summed E-state index contributed by atoms with van der Waals surface area (Å²) >= 11 is 0. The first-order valence-corrected chi connectivity index (χ1v) is 21.0. The smallest absolute Gasteiger partial charge is 0.224 e. The number of aryl methyl sites for hydroxylation is 1. The number of ether oxygens (including phenoxy) is 1. The highest BCUT2D eigenvalue weighted by Gasteiger charge is 2.50. The van der Waals surface area contributed by atoms with Crippen LogP contribution in [0.25, 0.3) is 0 Å². The zero-order valence-electron chi connectivity index (χ0n) is 34.2. The number of nitrogens with one attached hydrogen (secondary N) is 2. The second kappa shape index (κ2) is 22.2. The molecule has 0 bridgehead atoms. The van der Waals surface area contributed by atoms with Crippen molar-refractivity contribution in [1.29, 1.82) is 0 Å². The fourth-order valence-electron chi connectivity index (χ4n) is 7.71. The van der Waals surface area contributed by atoms with Crippen LogP contribution in [0.15, 0.2) is 60.7 Å². The average molecular weight is 758 g/mol. The second-order valence-electron chi connectivity index (χ2n) is 17.1. The molecule has 2 aliphatic rings. The number of epoxide rings is 1. The standard InChI is InChI=1S/C46H67N3O6/c1-33(2)27-40(42(51)31-38(29-36-19-11-7-12-20-36)45(54)48-41(28-34(3)4)43(52)46(5)32-55-46)47-44(53)37(23-22-35-17-9-6-10-18-35)30-39(50)21-13-16-26-49-24-14-8-15-25-49/h6-7,9-12,17-20,33-34,37-38,40-41H,8,13-16,21-32H2,1-5H3,(H,47,53)(H,48,54)/t37?,38-,40+,41+,46-/m1/s1. The van der Waals surface area contributed by atoms with Crippen molar-refractivity contribution >= 4 is 29.2 Å². The molecule has 2 fully saturated rings. The molecule has 2 heterocycles. The van der Waals surface area contributed by atoms with Gasteiger partial charge in [-0.25, -0.2) is 0 Å². The maximum atomic E-state index is 14.3. The Kier molecular flexibility index (Phi) is 17.7. The van der Waals surface area contributed by atoms with Gasteiger partial charge in [-0.1, -0.05) is 94.8 Å². The van der Waals surface area contributed by atoms with Crippen molar-refractivity contribution in [2.75, 3.05) is 26.2 Å². The lowest BCUT2D eigenvalue weighted by Crippen LogP contribution is -2.50. The van der Waals surface area contributed by atoms with E-state index >= 15 is 0 Å². The van der Waals surface area contributed by atoms with Gasteiger partial charge in [0.2, 0.25) is 11.8 Å². The predicted octanol–water partition coefficient (Wildman–Crippen LogP) is 7.09. The second-order valence-corrected chi connectivity index (χ2v) is 17.1. The van der Waals surface area contributed by atoms with Crippen LogP contribution < -0.4 is 10.6 Å². The minimum absolute atomic E-state index is 0.0779. The molecule has 9 nitrogen and oxygen atoms in total. The monoisotopic (exact) mass is 758 g/mol. The van der Waals surface area contributed by atoms with Crippen LogP contribution in [0, 0.1) is 23.7 Å². The van der Waals surface area contributed by atoms with Gasteiger partial charge < -0.3 is 20.3 Å². The summed E-state index contributed by atoms with van der Waals surface area (Å²) in [4.78, 5) is 71.7. The van der Waals surface area contributed by atoms with Gasteiger partial charge in [-0.15, -0.1) is 0 Å². The molecule has 0 aliphatic carbocycles. The molecule has 2 aliphatic heterocycles.